The summed E-state index contributed by atoms with van der Waals surface area (Å²) in [6, 6.07) is 0. The predicted octanol–water partition coefficient (Wildman–Crippen LogP) is -0.164. The van der Waals surface area contributed by atoms with Crippen molar-refractivity contribution in [3.63, 3.8) is 0 Å². The Hall–Kier alpha value is 0.0674. The molecular weight excluding hydrogens is 97.0 g/mol. The summed E-state index contributed by atoms with van der Waals surface area (Å²) in [6.45, 7) is 1.85. The van der Waals surface area contributed by atoms with Gasteiger partial charge in [-0.2, -0.15) is 0 Å². The third-order valence-electron chi connectivity index (χ3n) is 0.801. The Morgan fingerprint density at radius 1 is 1.50 bits per heavy atom. The van der Waals surface area contributed by atoms with E-state index in [0.29, 0.717) is 6.42 Å². The first-order valence-corrected chi connectivity index (χ1v) is 2.38. The topological polar surface area (TPSA) is 20.3 Å². The van der Waals surface area contributed by atoms with Crippen molar-refractivity contribution in [2.75, 3.05) is 14.1 Å². The maximum absolute atomic E-state index is 10.4. The first kappa shape index (κ1) is 10.9. The summed E-state index contributed by atoms with van der Waals surface area (Å²) in [7, 11) is 3.51. The van der Waals surface area contributed by atoms with Crippen LogP contribution in [0, 0.1) is 0 Å². The van der Waals surface area contributed by atoms with E-state index in [1.54, 1.807) is 19.0 Å². The molecule has 0 aliphatic carbocycles. The second kappa shape index (κ2) is 5.21. The summed E-state index contributed by atoms with van der Waals surface area (Å²) in [5.74, 6) is 0.181. The predicted molar refractivity (Wildman–Crippen MR) is 36.1 cm³/mol. The van der Waals surface area contributed by atoms with Crippen LogP contribution in [-0.4, -0.2) is 43.8 Å². The van der Waals surface area contributed by atoms with Gasteiger partial charge in [0.15, 0.2) is 0 Å². The number of hydrogen-bond donors (Lipinski definition) is 0. The Morgan fingerprint density at radius 3 is 1.88 bits per heavy atom. The molecule has 0 unspecified atom stereocenters. The van der Waals surface area contributed by atoms with Crippen molar-refractivity contribution in [1.29, 1.82) is 0 Å². The third kappa shape index (κ3) is 4.23. The van der Waals surface area contributed by atoms with Gasteiger partial charge in [-0.25, -0.2) is 0 Å². The molecule has 0 rings (SSSR count). The molecule has 8 heavy (non-hydrogen) atoms. The van der Waals surface area contributed by atoms with E-state index in [1.165, 1.54) is 0 Å². The number of carbonyl (C=O) groups excluding carboxylic acids is 1. The molecule has 2 nitrogen and oxygen atoms in total. The molecule has 0 aliphatic rings. The van der Waals surface area contributed by atoms with Crippen LogP contribution in [0.3, 0.4) is 0 Å². The zero-order chi connectivity index (χ0) is 5.86. The minimum absolute atomic E-state index is 0. The second-order valence-corrected chi connectivity index (χ2v) is 1.64. The molecule has 0 bridgehead atoms. The number of nitrogens with zero attached hydrogens (tertiary/aromatic N) is 1. The van der Waals surface area contributed by atoms with Crippen LogP contribution in [-0.2, 0) is 4.79 Å². The Bertz CT molecular complexity index is 72.8. The van der Waals surface area contributed by atoms with Gasteiger partial charge in [0.05, 0.1) is 0 Å². The molecule has 3 heteroatoms. The van der Waals surface area contributed by atoms with E-state index >= 15 is 0 Å². The van der Waals surface area contributed by atoms with E-state index in [-0.39, 0.29) is 24.8 Å². The van der Waals surface area contributed by atoms with Gasteiger partial charge in [0.25, 0.3) is 0 Å². The third-order valence-corrected chi connectivity index (χ3v) is 0.801. The summed E-state index contributed by atoms with van der Waals surface area (Å²) < 4.78 is 0. The summed E-state index contributed by atoms with van der Waals surface area (Å²) in [4.78, 5) is 12.0. The number of carbonyl (C=O) groups is 1. The number of rotatable bonds is 1. The number of amides is 1. The second-order valence-electron chi connectivity index (χ2n) is 1.64. The van der Waals surface area contributed by atoms with Crippen LogP contribution in [0.2, 0.25) is 0 Å². The summed E-state index contributed by atoms with van der Waals surface area (Å²) in [5.41, 5.74) is 0. The van der Waals surface area contributed by atoms with Gasteiger partial charge in [0, 0.05) is 20.5 Å². The van der Waals surface area contributed by atoms with Crippen molar-refractivity contribution in [2.24, 2.45) is 0 Å². The van der Waals surface area contributed by atoms with E-state index in [1.807, 2.05) is 6.92 Å². The normalized spacial score (nSPS) is 7.38. The van der Waals surface area contributed by atoms with Crippen molar-refractivity contribution < 1.29 is 4.79 Å². The van der Waals surface area contributed by atoms with Gasteiger partial charge in [-0.15, -0.1) is 0 Å². The van der Waals surface area contributed by atoms with Crippen LogP contribution in [0.4, 0.5) is 0 Å². The fourth-order valence-corrected chi connectivity index (χ4v) is 0.316. The Morgan fingerprint density at radius 2 is 1.88 bits per heavy atom. The average molecular weight is 109 g/mol. The molecule has 44 valence electrons. The van der Waals surface area contributed by atoms with E-state index < -0.39 is 0 Å². The van der Waals surface area contributed by atoms with Crippen LogP contribution in [0.5, 0.6) is 0 Å². The first-order valence-electron chi connectivity index (χ1n) is 2.38. The Balaban J connectivity index is 0. The van der Waals surface area contributed by atoms with E-state index in [9.17, 15) is 4.79 Å². The first-order chi connectivity index (χ1) is 3.18. The molecule has 1 amide bonds. The molecule has 0 saturated carbocycles. The van der Waals surface area contributed by atoms with Crippen molar-refractivity contribution >= 4 is 24.8 Å². The zero-order valence-corrected chi connectivity index (χ0v) is 5.06. The van der Waals surface area contributed by atoms with Gasteiger partial charge in [-0.05, 0) is 0 Å². The van der Waals surface area contributed by atoms with E-state index in [0.717, 1.165) is 0 Å². The van der Waals surface area contributed by atoms with Gasteiger partial charge in [0.1, 0.15) is 0 Å². The Labute approximate surface area is 62.4 Å². The van der Waals surface area contributed by atoms with Gasteiger partial charge < -0.3 is 4.90 Å². The summed E-state index contributed by atoms with van der Waals surface area (Å²) >= 11 is 0. The summed E-state index contributed by atoms with van der Waals surface area (Å²) in [5, 5.41) is 0. The van der Waals surface area contributed by atoms with Gasteiger partial charge in [-0.1, -0.05) is 6.92 Å². The van der Waals surface area contributed by atoms with Crippen LogP contribution in [0.1, 0.15) is 13.3 Å². The Kier molecular flexibility index (Phi) is 7.13. The van der Waals surface area contributed by atoms with Crippen molar-refractivity contribution in [2.45, 2.75) is 13.3 Å². The van der Waals surface area contributed by atoms with Gasteiger partial charge in [0.2, 0.25) is 5.91 Å². The van der Waals surface area contributed by atoms with E-state index in [2.05, 4.69) is 0 Å². The molecule has 0 aromatic rings. The van der Waals surface area contributed by atoms with Crippen LogP contribution in [0.15, 0.2) is 0 Å². The molecule has 0 atom stereocenters. The fraction of sp³-hybridized carbons (Fsp3) is 0.800. The monoisotopic (exact) mass is 109 g/mol. The molecule has 0 aromatic heterocycles. The molecule has 0 N–H and O–H groups in total. The average Bonchev–Trinajstić information content (AvgIpc) is 1.65. The van der Waals surface area contributed by atoms with Crippen LogP contribution in [0.25, 0.3) is 0 Å². The standard InChI is InChI=1S/C5H11NO.Li.H/c1-4-5(7)6(2)3;;/h4H2,1-3H3;;. The molecular formula is C5H12LiNO. The molecule has 0 saturated heterocycles. The molecule has 0 heterocycles. The molecule has 0 aliphatic heterocycles. The maximum atomic E-state index is 10.4. The zero-order valence-electron chi connectivity index (χ0n) is 5.06. The van der Waals surface area contributed by atoms with Crippen LogP contribution >= 0.6 is 0 Å². The van der Waals surface area contributed by atoms with Crippen molar-refractivity contribution in [3.8, 4) is 0 Å². The van der Waals surface area contributed by atoms with E-state index in [4.69, 9.17) is 0 Å². The molecule has 0 spiro atoms. The quantitative estimate of drug-likeness (QED) is 0.428. The molecule has 0 radical (unpaired) electrons. The molecule has 0 fully saturated rings. The van der Waals surface area contributed by atoms with Crippen molar-refractivity contribution in [1.82, 2.24) is 4.90 Å². The van der Waals surface area contributed by atoms with Crippen molar-refractivity contribution in [3.05, 3.63) is 0 Å². The van der Waals surface area contributed by atoms with Crippen LogP contribution < -0.4 is 0 Å². The fourth-order valence-electron chi connectivity index (χ4n) is 0.316. The molecule has 0 aromatic carbocycles. The summed E-state index contributed by atoms with van der Waals surface area (Å²) in [6.07, 6.45) is 0.604. The minimum atomic E-state index is 0. The van der Waals surface area contributed by atoms with Gasteiger partial charge in [-0.3, -0.25) is 4.79 Å². The SMILES string of the molecule is CCC(=O)N(C)C.[LiH]. The van der Waals surface area contributed by atoms with Gasteiger partial charge >= 0.3 is 18.9 Å². The number of hydrogen-bond acceptors (Lipinski definition) is 1.